The molecule has 2 aliphatic rings. The van der Waals surface area contributed by atoms with Gasteiger partial charge in [0.15, 0.2) is 0 Å². The molecule has 4 nitrogen and oxygen atoms in total. The van der Waals surface area contributed by atoms with E-state index >= 15 is 0 Å². The first-order valence-corrected chi connectivity index (χ1v) is 10.5. The van der Waals surface area contributed by atoms with Crippen molar-refractivity contribution >= 4 is 46.2 Å². The predicted molar refractivity (Wildman–Crippen MR) is 115 cm³/mol. The van der Waals surface area contributed by atoms with Crippen LogP contribution in [0.2, 0.25) is 0 Å². The monoisotopic (exact) mass is 400 g/mol. The van der Waals surface area contributed by atoms with Gasteiger partial charge in [-0.1, -0.05) is 73.4 Å². The first kappa shape index (κ1) is 19.8. The third-order valence-corrected chi connectivity index (χ3v) is 6.29. The zero-order chi connectivity index (χ0) is 19.2. The molecule has 0 radical (unpaired) electrons. The fourth-order valence-corrected chi connectivity index (χ4v) is 4.40. The standard InChI is InChI=1S/C21H24N2O2S2/c1-16-10-13-22(14-11-16)19(24)12-15-23-20(25)18(27-21(23)26)9-5-8-17-6-3-2-4-7-17/h2-9,16H,10-15H2,1H3/b8-5+,18-9-. The smallest absolute Gasteiger partial charge is 0.266 e. The van der Waals surface area contributed by atoms with E-state index in [2.05, 4.69) is 6.92 Å². The van der Waals surface area contributed by atoms with Crippen LogP contribution in [-0.2, 0) is 9.59 Å². The van der Waals surface area contributed by atoms with Crippen LogP contribution in [0.25, 0.3) is 6.08 Å². The third kappa shape index (κ3) is 5.30. The molecule has 142 valence electrons. The number of likely N-dealkylation sites (tertiary alicyclic amines) is 1. The van der Waals surface area contributed by atoms with E-state index in [1.807, 2.05) is 47.4 Å². The molecule has 1 aromatic carbocycles. The number of thioether (sulfide) groups is 1. The van der Waals surface area contributed by atoms with Gasteiger partial charge in [0.25, 0.3) is 5.91 Å². The van der Waals surface area contributed by atoms with Crippen molar-refractivity contribution in [2.45, 2.75) is 26.2 Å². The van der Waals surface area contributed by atoms with Gasteiger partial charge < -0.3 is 4.90 Å². The van der Waals surface area contributed by atoms with Crippen molar-refractivity contribution in [2.75, 3.05) is 19.6 Å². The molecular weight excluding hydrogens is 376 g/mol. The van der Waals surface area contributed by atoms with Gasteiger partial charge in [-0.25, -0.2) is 0 Å². The van der Waals surface area contributed by atoms with Crippen LogP contribution in [0.4, 0.5) is 0 Å². The third-order valence-electron chi connectivity index (χ3n) is 4.90. The first-order chi connectivity index (χ1) is 13.0. The average Bonchev–Trinajstić information content (AvgIpc) is 2.94. The maximum Gasteiger partial charge on any atom is 0.266 e. The van der Waals surface area contributed by atoms with Crippen LogP contribution in [0.5, 0.6) is 0 Å². The number of benzene rings is 1. The quantitative estimate of drug-likeness (QED) is 0.551. The molecular formula is C21H24N2O2S2. The SMILES string of the molecule is CC1CCN(C(=O)CCN2C(=O)/C(=C/C=C/c3ccccc3)SC2=S)CC1. The molecule has 1 aromatic rings. The van der Waals surface area contributed by atoms with Gasteiger partial charge in [-0.05, 0) is 30.4 Å². The minimum atomic E-state index is -0.109. The summed E-state index contributed by atoms with van der Waals surface area (Å²) in [6, 6.07) is 9.91. The molecule has 2 amide bonds. The van der Waals surface area contributed by atoms with Gasteiger partial charge in [0.2, 0.25) is 5.91 Å². The number of hydrogen-bond acceptors (Lipinski definition) is 4. The molecule has 6 heteroatoms. The van der Waals surface area contributed by atoms with Crippen LogP contribution in [0, 0.1) is 5.92 Å². The molecule has 0 atom stereocenters. The Kier molecular flexibility index (Phi) is 6.85. The second-order valence-electron chi connectivity index (χ2n) is 6.94. The van der Waals surface area contributed by atoms with Crippen molar-refractivity contribution in [1.29, 1.82) is 0 Å². The van der Waals surface area contributed by atoms with Gasteiger partial charge in [-0.2, -0.15) is 0 Å². The highest BCUT2D eigenvalue weighted by atomic mass is 32.2. The first-order valence-electron chi connectivity index (χ1n) is 9.29. The zero-order valence-electron chi connectivity index (χ0n) is 15.5. The number of carbonyl (C=O) groups excluding carboxylic acids is 2. The molecule has 0 N–H and O–H groups in total. The lowest BCUT2D eigenvalue weighted by molar-refractivity contribution is -0.133. The van der Waals surface area contributed by atoms with Crippen LogP contribution in [0.3, 0.4) is 0 Å². The summed E-state index contributed by atoms with van der Waals surface area (Å²) in [7, 11) is 0. The maximum absolute atomic E-state index is 12.6. The summed E-state index contributed by atoms with van der Waals surface area (Å²) < 4.78 is 0.527. The number of nitrogens with zero attached hydrogens (tertiary/aromatic N) is 2. The lowest BCUT2D eigenvalue weighted by atomic mass is 9.99. The average molecular weight is 401 g/mol. The molecule has 0 spiro atoms. The number of hydrogen-bond donors (Lipinski definition) is 0. The van der Waals surface area contributed by atoms with Gasteiger partial charge in [0.05, 0.1) is 4.91 Å². The number of allylic oxidation sites excluding steroid dienone is 2. The molecule has 27 heavy (non-hydrogen) atoms. The van der Waals surface area contributed by atoms with E-state index < -0.39 is 0 Å². The Morgan fingerprint density at radius 1 is 1.26 bits per heavy atom. The second kappa shape index (κ2) is 9.33. The van der Waals surface area contributed by atoms with Crippen LogP contribution in [-0.4, -0.2) is 45.6 Å². The molecule has 2 aliphatic heterocycles. The van der Waals surface area contributed by atoms with Gasteiger partial charge in [-0.3, -0.25) is 14.5 Å². The molecule has 2 fully saturated rings. The van der Waals surface area contributed by atoms with Gasteiger partial charge in [0.1, 0.15) is 4.32 Å². The Morgan fingerprint density at radius 2 is 1.96 bits per heavy atom. The molecule has 0 aliphatic carbocycles. The number of thiocarbonyl (C=S) groups is 1. The van der Waals surface area contributed by atoms with Crippen molar-refractivity contribution in [3.8, 4) is 0 Å². The summed E-state index contributed by atoms with van der Waals surface area (Å²) in [6.07, 6.45) is 8.05. The van der Waals surface area contributed by atoms with Crippen molar-refractivity contribution in [3.05, 3.63) is 53.0 Å². The summed E-state index contributed by atoms with van der Waals surface area (Å²) in [6.45, 7) is 4.22. The highest BCUT2D eigenvalue weighted by molar-refractivity contribution is 8.26. The van der Waals surface area contributed by atoms with E-state index in [1.54, 1.807) is 11.0 Å². The van der Waals surface area contributed by atoms with Crippen LogP contribution in [0.1, 0.15) is 31.7 Å². The lowest BCUT2D eigenvalue weighted by Gasteiger charge is -2.30. The van der Waals surface area contributed by atoms with Crippen molar-refractivity contribution in [3.63, 3.8) is 0 Å². The van der Waals surface area contributed by atoms with E-state index in [4.69, 9.17) is 12.2 Å². The highest BCUT2D eigenvalue weighted by Crippen LogP contribution is 2.31. The van der Waals surface area contributed by atoms with Gasteiger partial charge >= 0.3 is 0 Å². The Morgan fingerprint density at radius 3 is 2.67 bits per heavy atom. The van der Waals surface area contributed by atoms with Crippen molar-refractivity contribution < 1.29 is 9.59 Å². The topological polar surface area (TPSA) is 40.6 Å². The zero-order valence-corrected chi connectivity index (χ0v) is 17.1. The molecule has 0 bridgehead atoms. The Labute approximate surface area is 170 Å². The molecule has 0 saturated carbocycles. The minimum absolute atomic E-state index is 0.109. The number of piperidine rings is 1. The summed E-state index contributed by atoms with van der Waals surface area (Å²) in [5, 5.41) is 0. The highest BCUT2D eigenvalue weighted by Gasteiger charge is 2.32. The Balaban J connectivity index is 1.54. The maximum atomic E-state index is 12.6. The Hall–Kier alpha value is -1.92. The summed E-state index contributed by atoms with van der Waals surface area (Å²) in [5.41, 5.74) is 1.07. The number of rotatable bonds is 5. The van der Waals surface area contributed by atoms with Gasteiger partial charge in [0, 0.05) is 26.1 Å². The van der Waals surface area contributed by atoms with E-state index in [-0.39, 0.29) is 11.8 Å². The summed E-state index contributed by atoms with van der Waals surface area (Å²) in [5.74, 6) is 0.696. The minimum Gasteiger partial charge on any atom is -0.343 e. The van der Waals surface area contributed by atoms with Crippen molar-refractivity contribution in [2.24, 2.45) is 5.92 Å². The van der Waals surface area contributed by atoms with Crippen molar-refractivity contribution in [1.82, 2.24) is 9.80 Å². The van der Waals surface area contributed by atoms with Crippen LogP contribution < -0.4 is 0 Å². The van der Waals surface area contributed by atoms with E-state index in [1.165, 1.54) is 11.8 Å². The van der Waals surface area contributed by atoms with E-state index in [0.29, 0.717) is 28.1 Å². The van der Waals surface area contributed by atoms with Crippen LogP contribution in [0.15, 0.2) is 47.4 Å². The summed E-state index contributed by atoms with van der Waals surface area (Å²) >= 11 is 6.64. The van der Waals surface area contributed by atoms with E-state index in [0.717, 1.165) is 31.5 Å². The molecule has 0 unspecified atom stereocenters. The van der Waals surface area contributed by atoms with Gasteiger partial charge in [-0.15, -0.1) is 0 Å². The Bertz CT molecular complexity index is 766. The molecule has 0 aromatic heterocycles. The molecule has 3 rings (SSSR count). The fraction of sp³-hybridized carbons (Fsp3) is 0.381. The lowest BCUT2D eigenvalue weighted by Crippen LogP contribution is -2.40. The molecule has 2 heterocycles. The van der Waals surface area contributed by atoms with E-state index in [9.17, 15) is 9.59 Å². The predicted octanol–water partition coefficient (Wildman–Crippen LogP) is 4.09. The number of carbonyl (C=O) groups is 2. The van der Waals surface area contributed by atoms with Crippen LogP contribution >= 0.6 is 24.0 Å². The number of amides is 2. The molecule has 2 saturated heterocycles. The second-order valence-corrected chi connectivity index (χ2v) is 8.61. The fourth-order valence-electron chi connectivity index (χ4n) is 3.14. The summed E-state index contributed by atoms with van der Waals surface area (Å²) in [4.78, 5) is 29.0. The largest absolute Gasteiger partial charge is 0.343 e. The normalized spacial score (nSPS) is 20.3.